The molecule has 0 bridgehead atoms. The van der Waals surface area contributed by atoms with Crippen LogP contribution in [0.1, 0.15) is 43.2 Å². The van der Waals surface area contributed by atoms with E-state index < -0.39 is 0 Å². The fourth-order valence-electron chi connectivity index (χ4n) is 2.39. The topological polar surface area (TPSA) is 17.8 Å². The van der Waals surface area contributed by atoms with E-state index in [1.165, 1.54) is 11.1 Å². The van der Waals surface area contributed by atoms with Gasteiger partial charge in [-0.15, -0.1) is 11.6 Å². The van der Waals surface area contributed by atoms with Gasteiger partial charge in [0.25, 0.3) is 0 Å². The van der Waals surface area contributed by atoms with Crippen molar-refractivity contribution in [3.8, 4) is 5.69 Å². The lowest BCUT2D eigenvalue weighted by Gasteiger charge is -2.16. The number of rotatable bonds is 2. The molecule has 1 aromatic carbocycles. The van der Waals surface area contributed by atoms with E-state index in [0.29, 0.717) is 11.0 Å². The lowest BCUT2D eigenvalue weighted by atomic mass is 9.90. The summed E-state index contributed by atoms with van der Waals surface area (Å²) in [6.45, 7) is 10.5. The van der Waals surface area contributed by atoms with Gasteiger partial charge >= 0.3 is 0 Å². The molecule has 108 valence electrons. The first kappa shape index (κ1) is 15.4. The first-order valence-electron chi connectivity index (χ1n) is 6.66. The van der Waals surface area contributed by atoms with Crippen molar-refractivity contribution in [2.45, 2.75) is 45.9 Å². The maximum absolute atomic E-state index is 6.49. The smallest absolute Gasteiger partial charge is 0.137 e. The van der Waals surface area contributed by atoms with Crippen LogP contribution in [0, 0.1) is 13.8 Å². The van der Waals surface area contributed by atoms with Crippen molar-refractivity contribution < 1.29 is 0 Å². The minimum atomic E-state index is -0.0853. The third-order valence-corrected chi connectivity index (χ3v) is 3.87. The van der Waals surface area contributed by atoms with Crippen LogP contribution in [0.3, 0.4) is 0 Å². The third-order valence-electron chi connectivity index (χ3n) is 3.22. The molecule has 0 atom stereocenters. The number of alkyl halides is 1. The van der Waals surface area contributed by atoms with Gasteiger partial charge in [-0.3, -0.25) is 0 Å². The molecule has 2 aromatic rings. The predicted octanol–water partition coefficient (Wildman–Crippen LogP) is 5.18. The van der Waals surface area contributed by atoms with Gasteiger partial charge in [0, 0.05) is 11.0 Å². The zero-order chi connectivity index (χ0) is 15.1. The van der Waals surface area contributed by atoms with E-state index in [9.17, 15) is 0 Å². The molecule has 0 radical (unpaired) electrons. The van der Waals surface area contributed by atoms with Crippen LogP contribution in [0.15, 0.2) is 18.2 Å². The zero-order valence-electron chi connectivity index (χ0n) is 12.6. The van der Waals surface area contributed by atoms with E-state index in [2.05, 4.69) is 52.8 Å². The van der Waals surface area contributed by atoms with Crippen LogP contribution in [-0.2, 0) is 11.3 Å². The molecule has 0 saturated heterocycles. The summed E-state index contributed by atoms with van der Waals surface area (Å²) in [5.41, 5.74) is 5.15. The van der Waals surface area contributed by atoms with Crippen molar-refractivity contribution in [1.29, 1.82) is 0 Å². The molecule has 0 aliphatic rings. The van der Waals surface area contributed by atoms with Crippen molar-refractivity contribution in [3.05, 3.63) is 45.7 Å². The van der Waals surface area contributed by atoms with Gasteiger partial charge in [0.2, 0.25) is 0 Å². The second kappa shape index (κ2) is 5.42. The van der Waals surface area contributed by atoms with Gasteiger partial charge < -0.3 is 0 Å². The Labute approximate surface area is 130 Å². The Morgan fingerprint density at radius 2 is 1.65 bits per heavy atom. The van der Waals surface area contributed by atoms with Crippen molar-refractivity contribution in [2.75, 3.05) is 0 Å². The summed E-state index contributed by atoms with van der Waals surface area (Å²) in [6.07, 6.45) is 0. The molecule has 0 aliphatic heterocycles. The Hall–Kier alpha value is -0.990. The Balaban J connectivity index is 2.66. The van der Waals surface area contributed by atoms with Gasteiger partial charge in [-0.2, -0.15) is 5.10 Å². The van der Waals surface area contributed by atoms with Gasteiger partial charge in [-0.25, -0.2) is 4.68 Å². The van der Waals surface area contributed by atoms with E-state index >= 15 is 0 Å². The molecule has 0 N–H and O–H groups in total. The van der Waals surface area contributed by atoms with Crippen LogP contribution in [0.5, 0.6) is 0 Å². The fraction of sp³-hybridized carbons (Fsp3) is 0.438. The van der Waals surface area contributed by atoms with Crippen LogP contribution in [0.4, 0.5) is 0 Å². The number of hydrogen-bond acceptors (Lipinski definition) is 1. The number of nitrogens with zero attached hydrogens (tertiary/aromatic N) is 2. The summed E-state index contributed by atoms with van der Waals surface area (Å²) in [7, 11) is 0. The second-order valence-electron chi connectivity index (χ2n) is 6.26. The number of hydrogen-bond donors (Lipinski definition) is 0. The summed E-state index contributed by atoms with van der Waals surface area (Å²) in [5.74, 6) is 0.371. The lowest BCUT2D eigenvalue weighted by molar-refractivity contribution is 0.556. The molecule has 0 amide bonds. The van der Waals surface area contributed by atoms with E-state index in [-0.39, 0.29) is 5.41 Å². The van der Waals surface area contributed by atoms with Crippen LogP contribution in [0.25, 0.3) is 5.69 Å². The Bertz CT molecular complexity index is 616. The highest BCUT2D eigenvalue weighted by molar-refractivity contribution is 6.31. The predicted molar refractivity (Wildman–Crippen MR) is 86.3 cm³/mol. The van der Waals surface area contributed by atoms with Crippen molar-refractivity contribution in [3.63, 3.8) is 0 Å². The molecule has 2 nitrogen and oxygen atoms in total. The first-order valence-corrected chi connectivity index (χ1v) is 7.58. The maximum Gasteiger partial charge on any atom is 0.137 e. The molecule has 0 fully saturated rings. The highest BCUT2D eigenvalue weighted by Gasteiger charge is 2.26. The molecular weight excluding hydrogens is 291 g/mol. The Kier molecular flexibility index (Phi) is 4.17. The number of aryl methyl sites for hydroxylation is 2. The highest BCUT2D eigenvalue weighted by Crippen LogP contribution is 2.33. The van der Waals surface area contributed by atoms with E-state index in [1.807, 2.05) is 0 Å². The van der Waals surface area contributed by atoms with Crippen LogP contribution in [-0.4, -0.2) is 9.78 Å². The average molecular weight is 311 g/mol. The molecule has 0 saturated carbocycles. The Morgan fingerprint density at radius 3 is 2.05 bits per heavy atom. The monoisotopic (exact) mass is 310 g/mol. The minimum absolute atomic E-state index is 0.0853. The SMILES string of the molecule is Cc1cc(C)cc(-n2nc(C(C)(C)C)c(CCl)c2Cl)c1. The quantitative estimate of drug-likeness (QED) is 0.699. The summed E-state index contributed by atoms with van der Waals surface area (Å²) in [6, 6.07) is 6.29. The summed E-state index contributed by atoms with van der Waals surface area (Å²) >= 11 is 12.6. The average Bonchev–Trinajstić information content (AvgIpc) is 2.64. The molecule has 20 heavy (non-hydrogen) atoms. The minimum Gasteiger partial charge on any atom is -0.222 e. The van der Waals surface area contributed by atoms with Crippen LogP contribution in [0.2, 0.25) is 5.15 Å². The number of aromatic nitrogens is 2. The first-order chi connectivity index (χ1) is 9.24. The third kappa shape index (κ3) is 2.87. The molecule has 1 aromatic heterocycles. The second-order valence-corrected chi connectivity index (χ2v) is 6.88. The lowest BCUT2D eigenvalue weighted by Crippen LogP contribution is -2.14. The van der Waals surface area contributed by atoms with Crippen molar-refractivity contribution in [2.24, 2.45) is 0 Å². The molecule has 0 unspecified atom stereocenters. The summed E-state index contributed by atoms with van der Waals surface area (Å²) in [4.78, 5) is 0. The molecule has 2 rings (SSSR count). The zero-order valence-corrected chi connectivity index (χ0v) is 14.1. The van der Waals surface area contributed by atoms with E-state index in [1.54, 1.807) is 4.68 Å². The molecule has 1 heterocycles. The normalized spacial score (nSPS) is 11.9. The van der Waals surface area contributed by atoms with Crippen molar-refractivity contribution >= 4 is 23.2 Å². The van der Waals surface area contributed by atoms with Gasteiger partial charge in [0.15, 0.2) is 0 Å². The summed E-state index contributed by atoms with van der Waals surface area (Å²) < 4.78 is 1.79. The molecular formula is C16H20Cl2N2. The Morgan fingerprint density at radius 1 is 1.10 bits per heavy atom. The van der Waals surface area contributed by atoms with E-state index in [4.69, 9.17) is 28.3 Å². The van der Waals surface area contributed by atoms with Crippen LogP contribution >= 0.6 is 23.2 Å². The standard InChI is InChI=1S/C16H20Cl2N2/c1-10-6-11(2)8-12(7-10)20-15(18)13(9-17)14(19-20)16(3,4)5/h6-8H,9H2,1-5H3. The number of halogens is 2. The van der Waals surface area contributed by atoms with Crippen molar-refractivity contribution in [1.82, 2.24) is 9.78 Å². The van der Waals surface area contributed by atoms with Gasteiger partial charge in [-0.1, -0.05) is 38.4 Å². The highest BCUT2D eigenvalue weighted by atomic mass is 35.5. The molecule has 4 heteroatoms. The molecule has 0 aliphatic carbocycles. The van der Waals surface area contributed by atoms with E-state index in [0.717, 1.165) is 16.9 Å². The molecule has 0 spiro atoms. The fourth-order valence-corrected chi connectivity index (χ4v) is 3.01. The van der Waals surface area contributed by atoms with Gasteiger partial charge in [0.1, 0.15) is 5.15 Å². The maximum atomic E-state index is 6.49. The summed E-state index contributed by atoms with van der Waals surface area (Å²) in [5, 5.41) is 5.31. The van der Waals surface area contributed by atoms with Crippen LogP contribution < -0.4 is 0 Å². The number of benzene rings is 1. The largest absolute Gasteiger partial charge is 0.222 e. The van der Waals surface area contributed by atoms with Gasteiger partial charge in [-0.05, 0) is 37.1 Å². The van der Waals surface area contributed by atoms with Gasteiger partial charge in [0.05, 0.1) is 17.3 Å².